The zero-order valence-corrected chi connectivity index (χ0v) is 17.1. The molecule has 1 aliphatic rings. The fourth-order valence-corrected chi connectivity index (χ4v) is 3.67. The molecule has 1 heterocycles. The lowest BCUT2D eigenvalue weighted by Gasteiger charge is -2.38. The van der Waals surface area contributed by atoms with E-state index >= 15 is 0 Å². The van der Waals surface area contributed by atoms with Crippen LogP contribution in [0.1, 0.15) is 49.9 Å². The maximum absolute atomic E-state index is 13.5. The summed E-state index contributed by atoms with van der Waals surface area (Å²) in [6.45, 7) is 6.16. The highest BCUT2D eigenvalue weighted by Gasteiger charge is 2.31. The Morgan fingerprint density at radius 1 is 1.21 bits per heavy atom. The molecule has 1 atom stereocenters. The highest BCUT2D eigenvalue weighted by atomic mass is 19.1. The first-order chi connectivity index (χ1) is 13.9. The van der Waals surface area contributed by atoms with Crippen LogP contribution >= 0.6 is 0 Å². The average Bonchev–Trinajstić information content (AvgIpc) is 2.71. The molecule has 6 heteroatoms. The maximum atomic E-state index is 13.5. The SMILES string of the molecule is CCC(=O)N1CCc2ccc(OCC(=O)NC(C)C)cc2C1c1ccc(F)cc1. The lowest BCUT2D eigenvalue weighted by Crippen LogP contribution is -2.40. The van der Waals surface area contributed by atoms with Gasteiger partial charge in [0.05, 0.1) is 6.04 Å². The van der Waals surface area contributed by atoms with Crippen LogP contribution in [0.5, 0.6) is 5.75 Å². The highest BCUT2D eigenvalue weighted by Crippen LogP contribution is 2.37. The van der Waals surface area contributed by atoms with E-state index in [0.717, 1.165) is 23.1 Å². The minimum atomic E-state index is -0.314. The minimum absolute atomic E-state index is 0.0473. The van der Waals surface area contributed by atoms with E-state index in [1.807, 2.05) is 43.9 Å². The lowest BCUT2D eigenvalue weighted by atomic mass is 9.87. The number of halogens is 1. The van der Waals surface area contributed by atoms with Crippen molar-refractivity contribution in [3.8, 4) is 5.75 Å². The van der Waals surface area contributed by atoms with Crippen molar-refractivity contribution in [3.63, 3.8) is 0 Å². The molecule has 3 rings (SSSR count). The number of carbonyl (C=O) groups is 2. The Labute approximate surface area is 170 Å². The molecular weight excluding hydrogens is 371 g/mol. The number of hydrogen-bond acceptors (Lipinski definition) is 3. The van der Waals surface area contributed by atoms with E-state index in [1.165, 1.54) is 12.1 Å². The van der Waals surface area contributed by atoms with E-state index in [-0.39, 0.29) is 36.3 Å². The quantitative estimate of drug-likeness (QED) is 0.809. The van der Waals surface area contributed by atoms with E-state index in [9.17, 15) is 14.0 Å². The van der Waals surface area contributed by atoms with E-state index in [1.54, 1.807) is 12.1 Å². The number of amides is 2. The molecule has 0 fully saturated rings. The molecule has 0 radical (unpaired) electrons. The van der Waals surface area contributed by atoms with Gasteiger partial charge in [0.2, 0.25) is 5.91 Å². The molecule has 154 valence electrons. The van der Waals surface area contributed by atoms with Crippen molar-refractivity contribution in [2.24, 2.45) is 0 Å². The van der Waals surface area contributed by atoms with E-state index < -0.39 is 0 Å². The van der Waals surface area contributed by atoms with Crippen LogP contribution in [0.2, 0.25) is 0 Å². The molecule has 0 aliphatic carbocycles. The Morgan fingerprint density at radius 3 is 2.59 bits per heavy atom. The van der Waals surface area contributed by atoms with E-state index in [0.29, 0.717) is 18.7 Å². The number of hydrogen-bond donors (Lipinski definition) is 1. The molecule has 1 unspecified atom stereocenters. The second kappa shape index (κ2) is 9.07. The predicted molar refractivity (Wildman–Crippen MR) is 109 cm³/mol. The van der Waals surface area contributed by atoms with Crippen LogP contribution in [-0.4, -0.2) is 35.9 Å². The number of fused-ring (bicyclic) bond motifs is 1. The van der Waals surface area contributed by atoms with Gasteiger partial charge in [0, 0.05) is 19.0 Å². The molecule has 0 saturated heterocycles. The van der Waals surface area contributed by atoms with Gasteiger partial charge < -0.3 is 15.0 Å². The minimum Gasteiger partial charge on any atom is -0.484 e. The molecule has 0 spiro atoms. The van der Waals surface area contributed by atoms with Gasteiger partial charge in [-0.05, 0) is 61.2 Å². The Hall–Kier alpha value is -2.89. The van der Waals surface area contributed by atoms with E-state index in [4.69, 9.17) is 4.74 Å². The van der Waals surface area contributed by atoms with Gasteiger partial charge >= 0.3 is 0 Å². The Balaban J connectivity index is 1.92. The van der Waals surface area contributed by atoms with Gasteiger partial charge in [-0.2, -0.15) is 0 Å². The summed E-state index contributed by atoms with van der Waals surface area (Å²) in [6, 6.07) is 11.7. The highest BCUT2D eigenvalue weighted by molar-refractivity contribution is 5.78. The normalized spacial score (nSPS) is 15.8. The maximum Gasteiger partial charge on any atom is 0.258 e. The van der Waals surface area contributed by atoms with Crippen molar-refractivity contribution in [2.45, 2.75) is 45.7 Å². The van der Waals surface area contributed by atoms with Gasteiger partial charge in [0.15, 0.2) is 6.61 Å². The van der Waals surface area contributed by atoms with Gasteiger partial charge in [-0.1, -0.05) is 25.1 Å². The third-order valence-electron chi connectivity index (χ3n) is 4.97. The third kappa shape index (κ3) is 4.94. The number of nitrogens with zero attached hydrogens (tertiary/aromatic N) is 1. The Morgan fingerprint density at radius 2 is 1.93 bits per heavy atom. The van der Waals surface area contributed by atoms with Crippen LogP contribution in [0.3, 0.4) is 0 Å². The van der Waals surface area contributed by atoms with Crippen LogP contribution in [0, 0.1) is 5.82 Å². The van der Waals surface area contributed by atoms with Crippen molar-refractivity contribution in [2.75, 3.05) is 13.2 Å². The topological polar surface area (TPSA) is 58.6 Å². The summed E-state index contributed by atoms with van der Waals surface area (Å²) < 4.78 is 19.1. The van der Waals surface area contributed by atoms with Gasteiger partial charge in [0.1, 0.15) is 11.6 Å². The molecule has 2 aromatic carbocycles. The van der Waals surface area contributed by atoms with Crippen LogP contribution in [0.4, 0.5) is 4.39 Å². The summed E-state index contributed by atoms with van der Waals surface area (Å²) in [5.74, 6) is 0.121. The Kier molecular flexibility index (Phi) is 6.52. The fraction of sp³-hybridized carbons (Fsp3) is 0.391. The largest absolute Gasteiger partial charge is 0.484 e. The number of carbonyl (C=O) groups excluding carboxylic acids is 2. The summed E-state index contributed by atoms with van der Waals surface area (Å²) in [6.07, 6.45) is 1.14. The molecule has 1 aliphatic heterocycles. The first-order valence-electron chi connectivity index (χ1n) is 9.99. The molecule has 5 nitrogen and oxygen atoms in total. The zero-order chi connectivity index (χ0) is 21.0. The fourth-order valence-electron chi connectivity index (χ4n) is 3.67. The first-order valence-corrected chi connectivity index (χ1v) is 9.99. The standard InChI is InChI=1S/C23H27FN2O3/c1-4-22(28)26-12-11-16-7-10-19(29-14-21(27)25-15(2)3)13-20(16)23(26)17-5-8-18(24)9-6-17/h5-10,13,15,23H,4,11-12,14H2,1-3H3,(H,25,27). The Bertz CT molecular complexity index is 880. The van der Waals surface area contributed by atoms with Gasteiger partial charge in [-0.15, -0.1) is 0 Å². The van der Waals surface area contributed by atoms with Crippen LogP contribution < -0.4 is 10.1 Å². The van der Waals surface area contributed by atoms with Crippen molar-refractivity contribution >= 4 is 11.8 Å². The van der Waals surface area contributed by atoms with Crippen LogP contribution in [0.25, 0.3) is 0 Å². The van der Waals surface area contributed by atoms with Gasteiger partial charge in [-0.25, -0.2) is 4.39 Å². The summed E-state index contributed by atoms with van der Waals surface area (Å²) in [5.41, 5.74) is 2.92. The van der Waals surface area contributed by atoms with Crippen LogP contribution in [-0.2, 0) is 16.0 Å². The second-order valence-electron chi connectivity index (χ2n) is 7.52. The molecular formula is C23H27FN2O3. The molecule has 2 aromatic rings. The lowest BCUT2D eigenvalue weighted by molar-refractivity contribution is -0.133. The summed E-state index contributed by atoms with van der Waals surface area (Å²) >= 11 is 0. The smallest absolute Gasteiger partial charge is 0.258 e. The van der Waals surface area contributed by atoms with Crippen LogP contribution in [0.15, 0.2) is 42.5 Å². The van der Waals surface area contributed by atoms with Crippen molar-refractivity contribution in [3.05, 3.63) is 65.0 Å². The zero-order valence-electron chi connectivity index (χ0n) is 17.1. The molecule has 29 heavy (non-hydrogen) atoms. The van der Waals surface area contributed by atoms with Crippen molar-refractivity contribution in [1.29, 1.82) is 0 Å². The number of rotatable bonds is 6. The summed E-state index contributed by atoms with van der Waals surface area (Å²) in [4.78, 5) is 26.3. The first kappa shape index (κ1) is 20.8. The molecule has 2 amide bonds. The number of ether oxygens (including phenoxy) is 1. The molecule has 0 bridgehead atoms. The number of benzene rings is 2. The summed E-state index contributed by atoms with van der Waals surface area (Å²) in [7, 11) is 0. The van der Waals surface area contributed by atoms with Gasteiger partial charge in [0.25, 0.3) is 5.91 Å². The van der Waals surface area contributed by atoms with Gasteiger partial charge in [-0.3, -0.25) is 9.59 Å². The van der Waals surface area contributed by atoms with E-state index in [2.05, 4.69) is 5.32 Å². The molecule has 0 aromatic heterocycles. The second-order valence-corrected chi connectivity index (χ2v) is 7.52. The monoisotopic (exact) mass is 398 g/mol. The molecule has 0 saturated carbocycles. The molecule has 1 N–H and O–H groups in total. The summed E-state index contributed by atoms with van der Waals surface area (Å²) in [5, 5.41) is 2.79. The van der Waals surface area contributed by atoms with Crippen molar-refractivity contribution in [1.82, 2.24) is 10.2 Å². The predicted octanol–water partition coefficient (Wildman–Crippen LogP) is 3.61. The average molecular weight is 398 g/mol. The van der Waals surface area contributed by atoms with Crippen molar-refractivity contribution < 1.29 is 18.7 Å². The number of nitrogens with one attached hydrogen (secondary N) is 1. The third-order valence-corrected chi connectivity index (χ3v) is 4.97.